The van der Waals surface area contributed by atoms with Crippen LogP contribution in [-0.2, 0) is 12.8 Å². The van der Waals surface area contributed by atoms with Gasteiger partial charge in [-0.3, -0.25) is 0 Å². The zero-order valence-electron chi connectivity index (χ0n) is 10.1. The first-order chi connectivity index (χ1) is 9.12. The molecule has 0 fully saturated rings. The maximum Gasteiger partial charge on any atom is 0.586 e. The van der Waals surface area contributed by atoms with E-state index in [4.69, 9.17) is 0 Å². The zero-order valence-corrected chi connectivity index (χ0v) is 10.1. The van der Waals surface area contributed by atoms with Gasteiger partial charge in [0, 0.05) is 0 Å². The highest BCUT2D eigenvalue weighted by molar-refractivity contribution is 5.45. The van der Waals surface area contributed by atoms with Gasteiger partial charge in [0.2, 0.25) is 0 Å². The second-order valence-corrected chi connectivity index (χ2v) is 4.43. The van der Waals surface area contributed by atoms with Crippen molar-refractivity contribution in [3.63, 3.8) is 0 Å². The molecule has 1 aliphatic heterocycles. The third-order valence-corrected chi connectivity index (χ3v) is 3.01. The van der Waals surface area contributed by atoms with Gasteiger partial charge in [0.05, 0.1) is 0 Å². The average Bonchev–Trinajstić information content (AvgIpc) is 2.70. The summed E-state index contributed by atoms with van der Waals surface area (Å²) >= 11 is 0. The molecule has 0 saturated carbocycles. The molecular weight excluding hydrogens is 250 g/mol. The molecule has 1 heterocycles. The van der Waals surface area contributed by atoms with Crippen molar-refractivity contribution < 1.29 is 18.3 Å². The van der Waals surface area contributed by atoms with E-state index in [0.717, 1.165) is 18.4 Å². The summed E-state index contributed by atoms with van der Waals surface area (Å²) in [6.45, 7) is 0. The lowest BCUT2D eigenvalue weighted by atomic mass is 10.0. The standard InChI is InChI=1S/C15H12F2O2/c16-15(17)18-13-9-8-12(10-14(13)19-15)7-6-11-4-2-1-3-5-11/h1-5,8-10H,6-7H2. The SMILES string of the molecule is FC1(F)Oc2ccc(CCc3ccccc3)cc2O1. The van der Waals surface area contributed by atoms with Crippen LogP contribution in [-0.4, -0.2) is 6.29 Å². The Morgan fingerprint density at radius 1 is 0.789 bits per heavy atom. The molecular formula is C15H12F2O2. The Balaban J connectivity index is 1.71. The molecule has 0 amide bonds. The molecule has 0 N–H and O–H groups in total. The van der Waals surface area contributed by atoms with E-state index >= 15 is 0 Å². The van der Waals surface area contributed by atoms with E-state index in [0.29, 0.717) is 0 Å². The highest BCUT2D eigenvalue weighted by Crippen LogP contribution is 2.41. The highest BCUT2D eigenvalue weighted by atomic mass is 19.3. The van der Waals surface area contributed by atoms with Crippen LogP contribution in [0, 0.1) is 0 Å². The van der Waals surface area contributed by atoms with Gasteiger partial charge in [0.25, 0.3) is 0 Å². The summed E-state index contributed by atoms with van der Waals surface area (Å²) in [4.78, 5) is 0. The Morgan fingerprint density at radius 2 is 1.47 bits per heavy atom. The summed E-state index contributed by atoms with van der Waals surface area (Å²) < 4.78 is 34.5. The Bertz CT molecular complexity index is 582. The highest BCUT2D eigenvalue weighted by Gasteiger charge is 2.43. The number of aryl methyl sites for hydroxylation is 2. The Kier molecular flexibility index (Phi) is 2.85. The second-order valence-electron chi connectivity index (χ2n) is 4.43. The van der Waals surface area contributed by atoms with Crippen LogP contribution >= 0.6 is 0 Å². The fraction of sp³-hybridized carbons (Fsp3) is 0.200. The van der Waals surface area contributed by atoms with E-state index in [-0.39, 0.29) is 11.5 Å². The Hall–Kier alpha value is -2.10. The van der Waals surface area contributed by atoms with Crippen LogP contribution in [0.5, 0.6) is 11.5 Å². The molecule has 0 spiro atoms. The normalized spacial score (nSPS) is 15.5. The van der Waals surface area contributed by atoms with Crippen LogP contribution < -0.4 is 9.47 Å². The van der Waals surface area contributed by atoms with E-state index in [1.54, 1.807) is 12.1 Å². The quantitative estimate of drug-likeness (QED) is 0.837. The molecule has 2 nitrogen and oxygen atoms in total. The summed E-state index contributed by atoms with van der Waals surface area (Å²) in [6.07, 6.45) is -1.91. The van der Waals surface area contributed by atoms with Crippen molar-refractivity contribution in [1.29, 1.82) is 0 Å². The molecule has 4 heteroatoms. The molecule has 0 aliphatic carbocycles. The number of alkyl halides is 2. The number of rotatable bonds is 3. The third-order valence-electron chi connectivity index (χ3n) is 3.01. The smallest absolute Gasteiger partial charge is 0.395 e. The second kappa shape index (κ2) is 4.53. The van der Waals surface area contributed by atoms with Gasteiger partial charge in [0.1, 0.15) is 0 Å². The van der Waals surface area contributed by atoms with Gasteiger partial charge in [-0.2, -0.15) is 0 Å². The van der Waals surface area contributed by atoms with E-state index in [1.807, 2.05) is 30.3 Å². The van der Waals surface area contributed by atoms with Crippen molar-refractivity contribution in [3.05, 3.63) is 59.7 Å². The maximum atomic E-state index is 12.9. The van der Waals surface area contributed by atoms with Crippen molar-refractivity contribution in [3.8, 4) is 11.5 Å². The number of halogens is 2. The van der Waals surface area contributed by atoms with Crippen LogP contribution in [0.1, 0.15) is 11.1 Å². The van der Waals surface area contributed by atoms with Gasteiger partial charge < -0.3 is 9.47 Å². The Labute approximate surface area is 109 Å². The van der Waals surface area contributed by atoms with Crippen LogP contribution in [0.25, 0.3) is 0 Å². The van der Waals surface area contributed by atoms with Crippen LogP contribution in [0.3, 0.4) is 0 Å². The van der Waals surface area contributed by atoms with Gasteiger partial charge in [-0.25, -0.2) is 0 Å². The summed E-state index contributed by atoms with van der Waals surface area (Å²) in [6, 6.07) is 14.9. The van der Waals surface area contributed by atoms with Crippen molar-refractivity contribution in [2.24, 2.45) is 0 Å². The molecule has 0 radical (unpaired) electrons. The largest absolute Gasteiger partial charge is 0.586 e. The molecule has 1 aliphatic rings. The van der Waals surface area contributed by atoms with Crippen molar-refractivity contribution in [1.82, 2.24) is 0 Å². The first-order valence-corrected chi connectivity index (χ1v) is 6.05. The minimum Gasteiger partial charge on any atom is -0.395 e. The molecule has 98 valence electrons. The maximum absolute atomic E-state index is 12.9. The van der Waals surface area contributed by atoms with Crippen molar-refractivity contribution in [2.45, 2.75) is 19.1 Å². The first kappa shape index (κ1) is 12.0. The molecule has 0 bridgehead atoms. The van der Waals surface area contributed by atoms with Gasteiger partial charge in [0.15, 0.2) is 11.5 Å². The van der Waals surface area contributed by atoms with Crippen molar-refractivity contribution in [2.75, 3.05) is 0 Å². The molecule has 0 atom stereocenters. The first-order valence-electron chi connectivity index (χ1n) is 6.05. The van der Waals surface area contributed by atoms with E-state index in [2.05, 4.69) is 9.47 Å². The van der Waals surface area contributed by atoms with Crippen LogP contribution in [0.2, 0.25) is 0 Å². The summed E-state index contributed by atoms with van der Waals surface area (Å²) in [5.41, 5.74) is 2.16. The minimum atomic E-state index is -3.54. The third kappa shape index (κ3) is 2.67. The number of hydrogen-bond acceptors (Lipinski definition) is 2. The predicted molar refractivity (Wildman–Crippen MR) is 66.5 cm³/mol. The molecule has 2 aromatic carbocycles. The zero-order chi connectivity index (χ0) is 13.3. The van der Waals surface area contributed by atoms with E-state index in [9.17, 15) is 8.78 Å². The minimum absolute atomic E-state index is 0.0912. The lowest BCUT2D eigenvalue weighted by Crippen LogP contribution is -2.25. The fourth-order valence-corrected chi connectivity index (χ4v) is 2.08. The van der Waals surface area contributed by atoms with Crippen LogP contribution in [0.4, 0.5) is 8.78 Å². The van der Waals surface area contributed by atoms with Crippen LogP contribution in [0.15, 0.2) is 48.5 Å². The summed E-state index contributed by atoms with van der Waals surface area (Å²) in [5, 5.41) is 0. The lowest BCUT2D eigenvalue weighted by Gasteiger charge is -2.04. The fourth-order valence-electron chi connectivity index (χ4n) is 2.08. The number of fused-ring (bicyclic) bond motifs is 1. The monoisotopic (exact) mass is 262 g/mol. The van der Waals surface area contributed by atoms with Gasteiger partial charge in [-0.05, 0) is 36.1 Å². The predicted octanol–water partition coefficient (Wildman–Crippen LogP) is 3.79. The number of hydrogen-bond donors (Lipinski definition) is 0. The van der Waals surface area contributed by atoms with Crippen molar-refractivity contribution >= 4 is 0 Å². The van der Waals surface area contributed by atoms with Gasteiger partial charge >= 0.3 is 6.29 Å². The van der Waals surface area contributed by atoms with E-state index < -0.39 is 6.29 Å². The summed E-state index contributed by atoms with van der Waals surface area (Å²) in [5.74, 6) is 0.198. The molecule has 3 rings (SSSR count). The molecule has 0 unspecified atom stereocenters. The number of ether oxygens (including phenoxy) is 2. The Morgan fingerprint density at radius 3 is 2.26 bits per heavy atom. The van der Waals surface area contributed by atoms with Gasteiger partial charge in [-0.1, -0.05) is 36.4 Å². The molecule has 2 aromatic rings. The topological polar surface area (TPSA) is 18.5 Å². The molecule has 0 saturated heterocycles. The molecule has 19 heavy (non-hydrogen) atoms. The average molecular weight is 262 g/mol. The molecule has 0 aromatic heterocycles. The number of benzene rings is 2. The van der Waals surface area contributed by atoms with Gasteiger partial charge in [-0.15, -0.1) is 8.78 Å². The van der Waals surface area contributed by atoms with E-state index in [1.165, 1.54) is 11.6 Å². The summed E-state index contributed by atoms with van der Waals surface area (Å²) in [7, 11) is 0. The lowest BCUT2D eigenvalue weighted by molar-refractivity contribution is -0.286.